The van der Waals surface area contributed by atoms with Gasteiger partial charge in [0.2, 0.25) is 0 Å². The number of fused-ring (bicyclic) bond motifs is 2. The average molecular weight is 284 g/mol. The van der Waals surface area contributed by atoms with Crippen molar-refractivity contribution in [2.24, 2.45) is 17.8 Å². The molecule has 3 fully saturated rings. The minimum Gasteiger partial charge on any atom is -0.389 e. The minimum atomic E-state index is -0.436. The summed E-state index contributed by atoms with van der Waals surface area (Å²) in [5.41, 5.74) is 0.928. The molecule has 3 aliphatic rings. The second-order valence-corrected chi connectivity index (χ2v) is 7.95. The van der Waals surface area contributed by atoms with E-state index in [1.54, 1.807) is 0 Å². The van der Waals surface area contributed by atoms with Gasteiger partial charge in [-0.2, -0.15) is 0 Å². The van der Waals surface area contributed by atoms with Crippen molar-refractivity contribution in [1.82, 2.24) is 0 Å². The second kappa shape index (κ2) is 5.43. The molecular weight excluding hydrogens is 256 g/mol. The predicted octanol–water partition coefficient (Wildman–Crippen LogP) is 4.90. The van der Waals surface area contributed by atoms with Crippen molar-refractivity contribution in [1.29, 1.82) is 0 Å². The van der Waals surface area contributed by atoms with Crippen LogP contribution < -0.4 is 0 Å². The lowest BCUT2D eigenvalue weighted by Crippen LogP contribution is -2.41. The van der Waals surface area contributed by atoms with Gasteiger partial charge >= 0.3 is 0 Å². The van der Waals surface area contributed by atoms with E-state index in [0.717, 1.165) is 30.6 Å². The Bertz CT molecular complexity index is 482. The van der Waals surface area contributed by atoms with E-state index in [0.29, 0.717) is 5.92 Å². The monoisotopic (exact) mass is 284 g/mol. The number of hydrogen-bond donors (Lipinski definition) is 1. The van der Waals surface area contributed by atoms with Gasteiger partial charge in [-0.15, -0.1) is 0 Å². The quantitative estimate of drug-likeness (QED) is 0.837. The lowest BCUT2D eigenvalue weighted by atomic mass is 9.66. The molecule has 1 N–H and O–H groups in total. The maximum atomic E-state index is 11.5. The fourth-order valence-corrected chi connectivity index (χ4v) is 5.71. The topological polar surface area (TPSA) is 20.2 Å². The molecule has 1 heteroatoms. The smallest absolute Gasteiger partial charge is 0.0718 e. The molecule has 4 rings (SSSR count). The summed E-state index contributed by atoms with van der Waals surface area (Å²) in [6.45, 7) is 0. The molecule has 2 bridgehead atoms. The Morgan fingerprint density at radius 1 is 1.00 bits per heavy atom. The summed E-state index contributed by atoms with van der Waals surface area (Å²) in [5.74, 6) is 3.09. The molecule has 1 aromatic carbocycles. The largest absolute Gasteiger partial charge is 0.389 e. The molecule has 0 aromatic heterocycles. The van der Waals surface area contributed by atoms with Crippen LogP contribution in [-0.4, -0.2) is 10.7 Å². The molecule has 5 atom stereocenters. The average Bonchev–Trinajstić information content (AvgIpc) is 3.11. The van der Waals surface area contributed by atoms with Crippen LogP contribution in [-0.2, 0) is 0 Å². The molecule has 0 radical (unpaired) electrons. The van der Waals surface area contributed by atoms with Crippen LogP contribution in [0.2, 0.25) is 0 Å². The van der Waals surface area contributed by atoms with E-state index in [1.807, 2.05) is 0 Å². The van der Waals surface area contributed by atoms with Gasteiger partial charge in [0, 0.05) is 5.92 Å². The zero-order chi connectivity index (χ0) is 14.3. The molecule has 0 saturated heterocycles. The molecule has 0 aliphatic heterocycles. The molecule has 1 nitrogen and oxygen atoms in total. The highest BCUT2D eigenvalue weighted by atomic mass is 16.3. The summed E-state index contributed by atoms with van der Waals surface area (Å²) in [7, 11) is 0. The number of aliphatic hydroxyl groups is 1. The van der Waals surface area contributed by atoms with Gasteiger partial charge in [0.25, 0.3) is 0 Å². The Balaban J connectivity index is 1.55. The number of benzene rings is 1. The maximum Gasteiger partial charge on any atom is 0.0718 e. The third kappa shape index (κ3) is 2.54. The van der Waals surface area contributed by atoms with Crippen molar-refractivity contribution in [3.8, 4) is 0 Å². The van der Waals surface area contributed by atoms with Gasteiger partial charge in [-0.25, -0.2) is 0 Å². The van der Waals surface area contributed by atoms with Crippen LogP contribution in [0.15, 0.2) is 30.3 Å². The Kier molecular flexibility index (Phi) is 3.57. The molecule has 0 spiro atoms. The molecule has 114 valence electrons. The van der Waals surface area contributed by atoms with E-state index in [2.05, 4.69) is 30.3 Å². The molecule has 3 saturated carbocycles. The summed E-state index contributed by atoms with van der Waals surface area (Å²) in [6.07, 6.45) is 11.5. The summed E-state index contributed by atoms with van der Waals surface area (Å²) >= 11 is 0. The summed E-state index contributed by atoms with van der Waals surface area (Å²) in [5, 5.41) is 11.5. The van der Waals surface area contributed by atoms with Crippen molar-refractivity contribution in [3.05, 3.63) is 35.9 Å². The van der Waals surface area contributed by atoms with Gasteiger partial charge in [0.15, 0.2) is 0 Å². The fraction of sp³-hybridized carbons (Fsp3) is 0.700. The Labute approximate surface area is 128 Å². The van der Waals surface area contributed by atoms with Crippen molar-refractivity contribution < 1.29 is 5.11 Å². The molecule has 1 aromatic rings. The van der Waals surface area contributed by atoms with Crippen LogP contribution >= 0.6 is 0 Å². The summed E-state index contributed by atoms with van der Waals surface area (Å²) in [4.78, 5) is 0. The summed E-state index contributed by atoms with van der Waals surface area (Å²) in [6, 6.07) is 10.8. The standard InChI is InChI=1S/C20H28O/c21-20(14-18-13-15-9-10-17(18)12-15)11-5-4-8-19(20)16-6-2-1-3-7-16/h1-3,6-7,15,17-19,21H,4-5,8-14H2. The molecule has 0 heterocycles. The lowest BCUT2D eigenvalue weighted by molar-refractivity contribution is -0.0430. The first-order chi connectivity index (χ1) is 10.2. The third-order valence-corrected chi connectivity index (χ3v) is 6.70. The van der Waals surface area contributed by atoms with Gasteiger partial charge < -0.3 is 5.11 Å². The molecule has 21 heavy (non-hydrogen) atoms. The lowest BCUT2D eigenvalue weighted by Gasteiger charge is -2.43. The highest BCUT2D eigenvalue weighted by Crippen LogP contribution is 2.54. The normalized spacial score (nSPS) is 42.3. The van der Waals surface area contributed by atoms with Crippen LogP contribution in [0.5, 0.6) is 0 Å². The third-order valence-electron chi connectivity index (χ3n) is 6.70. The highest BCUT2D eigenvalue weighted by molar-refractivity contribution is 5.24. The van der Waals surface area contributed by atoms with Crippen molar-refractivity contribution in [3.63, 3.8) is 0 Å². The summed E-state index contributed by atoms with van der Waals surface area (Å²) < 4.78 is 0. The SMILES string of the molecule is OC1(CC2CC3CCC2C3)CCCCC1c1ccccc1. The fourth-order valence-electron chi connectivity index (χ4n) is 5.71. The van der Waals surface area contributed by atoms with E-state index in [1.165, 1.54) is 50.5 Å². The molecule has 5 unspecified atom stereocenters. The van der Waals surface area contributed by atoms with E-state index < -0.39 is 5.60 Å². The van der Waals surface area contributed by atoms with Gasteiger partial charge in [-0.05, 0) is 61.8 Å². The van der Waals surface area contributed by atoms with Crippen molar-refractivity contribution in [2.75, 3.05) is 0 Å². The first kappa shape index (κ1) is 13.8. The minimum absolute atomic E-state index is 0.367. The Morgan fingerprint density at radius 3 is 2.57 bits per heavy atom. The molecule has 0 amide bonds. The molecule has 3 aliphatic carbocycles. The maximum absolute atomic E-state index is 11.5. The Morgan fingerprint density at radius 2 is 1.86 bits per heavy atom. The first-order valence-electron chi connectivity index (χ1n) is 9.02. The van der Waals surface area contributed by atoms with Crippen molar-refractivity contribution in [2.45, 2.75) is 69.3 Å². The van der Waals surface area contributed by atoms with Crippen LogP contribution in [0, 0.1) is 17.8 Å². The first-order valence-corrected chi connectivity index (χ1v) is 9.02. The molecular formula is C20H28O. The van der Waals surface area contributed by atoms with Gasteiger partial charge in [-0.3, -0.25) is 0 Å². The van der Waals surface area contributed by atoms with Crippen molar-refractivity contribution >= 4 is 0 Å². The van der Waals surface area contributed by atoms with Crippen LogP contribution in [0.3, 0.4) is 0 Å². The van der Waals surface area contributed by atoms with Gasteiger partial charge in [0.1, 0.15) is 0 Å². The van der Waals surface area contributed by atoms with Crippen LogP contribution in [0.1, 0.15) is 69.3 Å². The van der Waals surface area contributed by atoms with Gasteiger partial charge in [0.05, 0.1) is 5.60 Å². The van der Waals surface area contributed by atoms with Crippen LogP contribution in [0.4, 0.5) is 0 Å². The van der Waals surface area contributed by atoms with E-state index in [-0.39, 0.29) is 0 Å². The highest BCUT2D eigenvalue weighted by Gasteiger charge is 2.46. The van der Waals surface area contributed by atoms with E-state index in [4.69, 9.17) is 0 Å². The number of rotatable bonds is 3. The van der Waals surface area contributed by atoms with E-state index in [9.17, 15) is 5.11 Å². The van der Waals surface area contributed by atoms with E-state index >= 15 is 0 Å². The number of hydrogen-bond acceptors (Lipinski definition) is 1. The Hall–Kier alpha value is -0.820. The zero-order valence-electron chi connectivity index (χ0n) is 13.0. The van der Waals surface area contributed by atoms with Gasteiger partial charge in [-0.1, -0.05) is 49.6 Å². The predicted molar refractivity (Wildman–Crippen MR) is 86.2 cm³/mol. The second-order valence-electron chi connectivity index (χ2n) is 7.95. The van der Waals surface area contributed by atoms with Crippen LogP contribution in [0.25, 0.3) is 0 Å². The zero-order valence-corrected chi connectivity index (χ0v) is 13.0.